The number of aryl methyl sites for hydroxylation is 1. The molecule has 158 valence electrons. The van der Waals surface area contributed by atoms with Crippen LogP contribution in [0.1, 0.15) is 35.2 Å². The zero-order valence-electron chi connectivity index (χ0n) is 15.5. The molecule has 1 aromatic heterocycles. The highest BCUT2D eigenvalue weighted by Crippen LogP contribution is 2.37. The molecule has 0 aliphatic heterocycles. The SMILES string of the molecule is O[C@H]1CCc2cccc(Nc3nc(C(F)F)c(-c4ccc(C(F)(F)F)cc4)o3)c2C1. The monoisotopic (exact) mass is 424 g/mol. The highest BCUT2D eigenvalue weighted by atomic mass is 19.4. The van der Waals surface area contributed by atoms with Gasteiger partial charge in [0.1, 0.15) is 0 Å². The van der Waals surface area contributed by atoms with Crippen molar-refractivity contribution in [2.45, 2.75) is 38.0 Å². The molecule has 0 unspecified atom stereocenters. The van der Waals surface area contributed by atoms with Gasteiger partial charge in [-0.15, -0.1) is 0 Å². The van der Waals surface area contributed by atoms with Crippen molar-refractivity contribution in [2.75, 3.05) is 5.32 Å². The van der Waals surface area contributed by atoms with Gasteiger partial charge in [0.15, 0.2) is 11.5 Å². The molecule has 4 nitrogen and oxygen atoms in total. The van der Waals surface area contributed by atoms with E-state index in [2.05, 4.69) is 10.3 Å². The maximum atomic E-state index is 13.5. The number of halogens is 5. The van der Waals surface area contributed by atoms with Gasteiger partial charge >= 0.3 is 6.18 Å². The Kier molecular flexibility index (Phi) is 5.23. The maximum Gasteiger partial charge on any atom is 0.416 e. The van der Waals surface area contributed by atoms with Gasteiger partial charge in [0.25, 0.3) is 12.4 Å². The lowest BCUT2D eigenvalue weighted by Crippen LogP contribution is -2.19. The van der Waals surface area contributed by atoms with Crippen LogP contribution >= 0.6 is 0 Å². The average molecular weight is 424 g/mol. The molecule has 0 saturated carbocycles. The Morgan fingerprint density at radius 2 is 1.83 bits per heavy atom. The molecule has 0 spiro atoms. The third kappa shape index (κ3) is 4.02. The predicted molar refractivity (Wildman–Crippen MR) is 99.7 cm³/mol. The fourth-order valence-corrected chi connectivity index (χ4v) is 3.55. The standard InChI is InChI=1S/C21H17F5N2O2/c22-19(23)17-18(12-4-7-13(8-5-12)21(24,25)26)30-20(28-17)27-16-3-1-2-11-6-9-14(29)10-15(11)16/h1-5,7-8,14,19,29H,6,9-10H2,(H,27,28)/t14-/m0/s1. The number of hydrogen-bond donors (Lipinski definition) is 2. The number of aliphatic hydroxyl groups is 1. The van der Waals surface area contributed by atoms with E-state index in [1.165, 1.54) is 0 Å². The first-order valence-electron chi connectivity index (χ1n) is 9.24. The van der Waals surface area contributed by atoms with E-state index >= 15 is 0 Å². The molecule has 9 heteroatoms. The number of benzene rings is 2. The first-order valence-corrected chi connectivity index (χ1v) is 9.24. The van der Waals surface area contributed by atoms with Crippen LogP contribution in [0.3, 0.4) is 0 Å². The minimum absolute atomic E-state index is 0.0596. The molecule has 30 heavy (non-hydrogen) atoms. The number of hydrogen-bond acceptors (Lipinski definition) is 4. The van der Waals surface area contributed by atoms with E-state index in [0.29, 0.717) is 24.9 Å². The minimum Gasteiger partial charge on any atom is -0.423 e. The van der Waals surface area contributed by atoms with Gasteiger partial charge < -0.3 is 14.8 Å². The Morgan fingerprint density at radius 3 is 2.50 bits per heavy atom. The molecule has 1 atom stereocenters. The summed E-state index contributed by atoms with van der Waals surface area (Å²) in [7, 11) is 0. The summed E-state index contributed by atoms with van der Waals surface area (Å²) >= 11 is 0. The van der Waals surface area contributed by atoms with E-state index in [9.17, 15) is 27.1 Å². The molecule has 2 N–H and O–H groups in total. The second-order valence-electron chi connectivity index (χ2n) is 7.07. The van der Waals surface area contributed by atoms with Gasteiger partial charge in [0.2, 0.25) is 0 Å². The topological polar surface area (TPSA) is 58.3 Å². The van der Waals surface area contributed by atoms with Gasteiger partial charge in [-0.1, -0.05) is 24.3 Å². The fourth-order valence-electron chi connectivity index (χ4n) is 3.55. The molecule has 1 aliphatic rings. The van der Waals surface area contributed by atoms with Gasteiger partial charge in [-0.05, 0) is 42.2 Å². The Hall–Kier alpha value is -2.94. The molecule has 0 bridgehead atoms. The van der Waals surface area contributed by atoms with E-state index in [-0.39, 0.29) is 17.3 Å². The van der Waals surface area contributed by atoms with Gasteiger partial charge in [0.05, 0.1) is 11.7 Å². The largest absolute Gasteiger partial charge is 0.423 e. The number of anilines is 2. The second kappa shape index (κ2) is 7.71. The normalized spacial score (nSPS) is 16.6. The second-order valence-corrected chi connectivity index (χ2v) is 7.07. The molecule has 3 aromatic rings. The quantitative estimate of drug-likeness (QED) is 0.513. The van der Waals surface area contributed by atoms with Gasteiger partial charge in [-0.2, -0.15) is 18.2 Å². The van der Waals surface area contributed by atoms with Crippen LogP contribution in [0.15, 0.2) is 46.9 Å². The number of nitrogens with zero attached hydrogens (tertiary/aromatic N) is 1. The fraction of sp³-hybridized carbons (Fsp3) is 0.286. The van der Waals surface area contributed by atoms with Gasteiger partial charge in [0, 0.05) is 17.7 Å². The molecule has 0 amide bonds. The Bertz CT molecular complexity index is 1040. The van der Waals surface area contributed by atoms with Crippen LogP contribution in [0.2, 0.25) is 0 Å². The Balaban J connectivity index is 1.67. The third-order valence-corrected chi connectivity index (χ3v) is 5.04. The summed E-state index contributed by atoms with van der Waals surface area (Å²) in [4.78, 5) is 3.81. The molecule has 0 fully saturated rings. The summed E-state index contributed by atoms with van der Waals surface area (Å²) in [5.41, 5.74) is 0.967. The average Bonchev–Trinajstić information content (AvgIpc) is 3.12. The van der Waals surface area contributed by atoms with Crippen molar-refractivity contribution in [3.05, 3.63) is 64.8 Å². The summed E-state index contributed by atoms with van der Waals surface area (Å²) in [5.74, 6) is -0.300. The molecular formula is C21H17F5N2O2. The lowest BCUT2D eigenvalue weighted by molar-refractivity contribution is -0.137. The van der Waals surface area contributed by atoms with Crippen LogP contribution in [0, 0.1) is 0 Å². The lowest BCUT2D eigenvalue weighted by atomic mass is 9.88. The summed E-state index contributed by atoms with van der Waals surface area (Å²) in [6, 6.07) is 8.99. The van der Waals surface area contributed by atoms with E-state index in [1.54, 1.807) is 12.1 Å². The van der Waals surface area contributed by atoms with Crippen molar-refractivity contribution in [1.82, 2.24) is 4.98 Å². The van der Waals surface area contributed by atoms with Crippen LogP contribution in [0.5, 0.6) is 0 Å². The zero-order chi connectivity index (χ0) is 21.5. The summed E-state index contributed by atoms with van der Waals surface area (Å²) < 4.78 is 70.7. The van der Waals surface area contributed by atoms with Crippen molar-refractivity contribution < 1.29 is 31.5 Å². The number of alkyl halides is 5. The summed E-state index contributed by atoms with van der Waals surface area (Å²) in [6.45, 7) is 0. The molecule has 0 radical (unpaired) electrons. The number of fused-ring (bicyclic) bond motifs is 1. The predicted octanol–water partition coefficient (Wildman–Crippen LogP) is 5.89. The molecule has 2 aromatic carbocycles. The van der Waals surface area contributed by atoms with Crippen LogP contribution in [-0.4, -0.2) is 16.2 Å². The Labute approximate surface area is 168 Å². The third-order valence-electron chi connectivity index (χ3n) is 5.04. The van der Waals surface area contributed by atoms with Crippen molar-refractivity contribution in [1.29, 1.82) is 0 Å². The molecule has 1 heterocycles. The van der Waals surface area contributed by atoms with E-state index in [4.69, 9.17) is 4.42 Å². The van der Waals surface area contributed by atoms with Crippen molar-refractivity contribution >= 4 is 11.7 Å². The molecule has 4 rings (SSSR count). The van der Waals surface area contributed by atoms with Gasteiger partial charge in [-0.25, -0.2) is 8.78 Å². The van der Waals surface area contributed by atoms with Crippen LogP contribution in [0.25, 0.3) is 11.3 Å². The van der Waals surface area contributed by atoms with Crippen LogP contribution < -0.4 is 5.32 Å². The smallest absolute Gasteiger partial charge is 0.416 e. The zero-order valence-corrected chi connectivity index (χ0v) is 15.5. The van der Waals surface area contributed by atoms with Crippen LogP contribution in [0.4, 0.5) is 33.7 Å². The minimum atomic E-state index is -4.53. The first kappa shape index (κ1) is 20.3. The molecule has 0 saturated heterocycles. The van der Waals surface area contributed by atoms with E-state index < -0.39 is 30.0 Å². The highest BCUT2D eigenvalue weighted by Gasteiger charge is 2.31. The first-order chi connectivity index (χ1) is 14.2. The lowest BCUT2D eigenvalue weighted by Gasteiger charge is -2.23. The summed E-state index contributed by atoms with van der Waals surface area (Å²) in [5, 5.41) is 12.8. The van der Waals surface area contributed by atoms with E-state index in [0.717, 1.165) is 35.4 Å². The summed E-state index contributed by atoms with van der Waals surface area (Å²) in [6.07, 6.45) is -6.26. The highest BCUT2D eigenvalue weighted by molar-refractivity contribution is 5.66. The molecule has 1 aliphatic carbocycles. The number of oxazole rings is 1. The number of aliphatic hydroxyl groups excluding tert-OH is 1. The molecular weight excluding hydrogens is 407 g/mol. The van der Waals surface area contributed by atoms with Crippen molar-refractivity contribution in [2.24, 2.45) is 0 Å². The number of rotatable bonds is 4. The van der Waals surface area contributed by atoms with E-state index in [1.807, 2.05) is 6.07 Å². The van der Waals surface area contributed by atoms with Gasteiger partial charge in [-0.3, -0.25) is 0 Å². The van der Waals surface area contributed by atoms with Crippen LogP contribution in [-0.2, 0) is 19.0 Å². The maximum absolute atomic E-state index is 13.5. The van der Waals surface area contributed by atoms with Crippen molar-refractivity contribution in [3.63, 3.8) is 0 Å². The number of aromatic nitrogens is 1. The van der Waals surface area contributed by atoms with Crippen molar-refractivity contribution in [3.8, 4) is 11.3 Å². The Morgan fingerprint density at radius 1 is 1.10 bits per heavy atom. The number of nitrogens with one attached hydrogen (secondary N) is 1.